The van der Waals surface area contributed by atoms with E-state index in [9.17, 15) is 0 Å². The average molecular weight is 267 g/mol. The van der Waals surface area contributed by atoms with Gasteiger partial charge >= 0.3 is 0 Å². The molecule has 0 aliphatic heterocycles. The van der Waals surface area contributed by atoms with E-state index in [1.165, 1.54) is 5.56 Å². The van der Waals surface area contributed by atoms with E-state index in [0.717, 1.165) is 30.2 Å². The van der Waals surface area contributed by atoms with Gasteiger partial charge in [0.15, 0.2) is 0 Å². The predicted octanol–water partition coefficient (Wildman–Crippen LogP) is 4.00. The Labute approximate surface area is 115 Å². The maximum Gasteiger partial charge on any atom is 0.133 e. The van der Waals surface area contributed by atoms with Gasteiger partial charge in [-0.15, -0.1) is 11.8 Å². The van der Waals surface area contributed by atoms with Crippen LogP contribution in [-0.2, 0) is 6.42 Å². The summed E-state index contributed by atoms with van der Waals surface area (Å²) >= 11 is 1.86. The van der Waals surface area contributed by atoms with Crippen molar-refractivity contribution in [3.8, 4) is 0 Å². The van der Waals surface area contributed by atoms with Gasteiger partial charge in [-0.2, -0.15) is 0 Å². The van der Waals surface area contributed by atoms with E-state index >= 15 is 0 Å². The smallest absolute Gasteiger partial charge is 0.133 e. The predicted molar refractivity (Wildman–Crippen MR) is 80.3 cm³/mol. The van der Waals surface area contributed by atoms with Crippen molar-refractivity contribution >= 4 is 17.6 Å². The fraction of sp³-hybridized carbons (Fsp3) is 0.714. The van der Waals surface area contributed by atoms with E-state index in [1.54, 1.807) is 6.33 Å². The quantitative estimate of drug-likeness (QED) is 0.598. The molecule has 0 aliphatic rings. The lowest BCUT2D eigenvalue weighted by molar-refractivity contribution is 0.641. The summed E-state index contributed by atoms with van der Waals surface area (Å²) in [5.41, 5.74) is 1.25. The standard InChI is InChI=1S/C14H25N3S/c1-6-8-15-13-12(7-2)14(17-9-16-13)18-11(5)10(3)4/h9-11H,6-8H2,1-5H3,(H,15,16,17). The topological polar surface area (TPSA) is 37.8 Å². The first-order valence-electron chi connectivity index (χ1n) is 6.84. The van der Waals surface area contributed by atoms with Gasteiger partial charge in [-0.1, -0.05) is 34.6 Å². The molecule has 1 N–H and O–H groups in total. The van der Waals surface area contributed by atoms with E-state index < -0.39 is 0 Å². The monoisotopic (exact) mass is 267 g/mol. The highest BCUT2D eigenvalue weighted by atomic mass is 32.2. The number of rotatable bonds is 7. The Balaban J connectivity index is 2.90. The number of aromatic nitrogens is 2. The summed E-state index contributed by atoms with van der Waals surface area (Å²) in [7, 11) is 0. The van der Waals surface area contributed by atoms with Crippen molar-refractivity contribution in [2.75, 3.05) is 11.9 Å². The van der Waals surface area contributed by atoms with Crippen LogP contribution in [0.1, 0.15) is 46.6 Å². The molecule has 1 aromatic heterocycles. The first-order valence-corrected chi connectivity index (χ1v) is 7.72. The van der Waals surface area contributed by atoms with Crippen molar-refractivity contribution in [1.29, 1.82) is 0 Å². The van der Waals surface area contributed by atoms with Gasteiger partial charge < -0.3 is 5.32 Å². The molecule has 1 heterocycles. The molecule has 0 saturated carbocycles. The highest BCUT2D eigenvalue weighted by Crippen LogP contribution is 2.31. The first-order chi connectivity index (χ1) is 8.60. The second-order valence-corrected chi connectivity index (χ2v) is 6.22. The molecule has 4 heteroatoms. The molecular weight excluding hydrogens is 242 g/mol. The van der Waals surface area contributed by atoms with Crippen molar-refractivity contribution in [3.63, 3.8) is 0 Å². The Hall–Kier alpha value is -0.770. The third-order valence-corrected chi connectivity index (χ3v) is 4.53. The zero-order valence-electron chi connectivity index (χ0n) is 12.2. The summed E-state index contributed by atoms with van der Waals surface area (Å²) in [4.78, 5) is 8.82. The number of hydrogen-bond acceptors (Lipinski definition) is 4. The molecular formula is C14H25N3S. The van der Waals surface area contributed by atoms with Gasteiger partial charge in [0.25, 0.3) is 0 Å². The number of nitrogens with one attached hydrogen (secondary N) is 1. The second-order valence-electron chi connectivity index (χ2n) is 4.85. The van der Waals surface area contributed by atoms with E-state index in [4.69, 9.17) is 0 Å². The van der Waals surface area contributed by atoms with Crippen LogP contribution in [0.15, 0.2) is 11.4 Å². The van der Waals surface area contributed by atoms with Gasteiger partial charge in [0, 0.05) is 17.4 Å². The van der Waals surface area contributed by atoms with E-state index in [2.05, 4.69) is 49.9 Å². The number of thioether (sulfide) groups is 1. The van der Waals surface area contributed by atoms with Crippen molar-refractivity contribution in [3.05, 3.63) is 11.9 Å². The van der Waals surface area contributed by atoms with Gasteiger partial charge in [0.1, 0.15) is 17.2 Å². The van der Waals surface area contributed by atoms with Crippen LogP contribution < -0.4 is 5.32 Å². The minimum atomic E-state index is 0.573. The highest BCUT2D eigenvalue weighted by molar-refractivity contribution is 7.99. The molecule has 18 heavy (non-hydrogen) atoms. The third kappa shape index (κ3) is 4.16. The molecule has 1 unspecified atom stereocenters. The Morgan fingerprint density at radius 1 is 1.22 bits per heavy atom. The summed E-state index contributed by atoms with van der Waals surface area (Å²) in [5, 5.41) is 5.10. The Kier molecular flexibility index (Phi) is 6.47. The Morgan fingerprint density at radius 2 is 1.94 bits per heavy atom. The summed E-state index contributed by atoms with van der Waals surface area (Å²) in [5.74, 6) is 1.66. The number of nitrogens with zero attached hydrogens (tertiary/aromatic N) is 2. The normalized spacial score (nSPS) is 12.8. The van der Waals surface area contributed by atoms with Crippen LogP contribution in [0.2, 0.25) is 0 Å². The molecule has 1 rings (SSSR count). The molecule has 102 valence electrons. The molecule has 3 nitrogen and oxygen atoms in total. The molecule has 0 aliphatic carbocycles. The van der Waals surface area contributed by atoms with Crippen LogP contribution in [0.25, 0.3) is 0 Å². The zero-order valence-corrected chi connectivity index (χ0v) is 13.0. The summed E-state index contributed by atoms with van der Waals surface area (Å²) in [6.45, 7) is 12.1. The van der Waals surface area contributed by atoms with E-state index in [1.807, 2.05) is 11.8 Å². The third-order valence-electron chi connectivity index (χ3n) is 3.04. The van der Waals surface area contributed by atoms with Crippen LogP contribution in [0, 0.1) is 5.92 Å². The molecule has 0 bridgehead atoms. The average Bonchev–Trinajstić information content (AvgIpc) is 2.36. The maximum absolute atomic E-state index is 4.45. The minimum absolute atomic E-state index is 0.573. The summed E-state index contributed by atoms with van der Waals surface area (Å²) in [6, 6.07) is 0. The van der Waals surface area contributed by atoms with Gasteiger partial charge in [0.2, 0.25) is 0 Å². The van der Waals surface area contributed by atoms with Gasteiger partial charge in [0.05, 0.1) is 0 Å². The summed E-state index contributed by atoms with van der Waals surface area (Å²) in [6.07, 6.45) is 3.75. The van der Waals surface area contributed by atoms with Gasteiger partial charge in [-0.25, -0.2) is 9.97 Å². The lowest BCUT2D eigenvalue weighted by Gasteiger charge is -2.17. The van der Waals surface area contributed by atoms with Crippen LogP contribution in [0.4, 0.5) is 5.82 Å². The first kappa shape index (κ1) is 15.3. The molecule has 0 saturated heterocycles. The van der Waals surface area contributed by atoms with Crippen molar-refractivity contribution in [1.82, 2.24) is 9.97 Å². The Morgan fingerprint density at radius 3 is 2.50 bits per heavy atom. The van der Waals surface area contributed by atoms with Crippen molar-refractivity contribution in [2.45, 2.75) is 57.7 Å². The zero-order chi connectivity index (χ0) is 13.5. The molecule has 0 spiro atoms. The van der Waals surface area contributed by atoms with E-state index in [0.29, 0.717) is 11.2 Å². The highest BCUT2D eigenvalue weighted by Gasteiger charge is 2.15. The van der Waals surface area contributed by atoms with Crippen LogP contribution in [0.5, 0.6) is 0 Å². The largest absolute Gasteiger partial charge is 0.370 e. The fourth-order valence-electron chi connectivity index (χ4n) is 1.52. The van der Waals surface area contributed by atoms with E-state index in [-0.39, 0.29) is 0 Å². The lowest BCUT2D eigenvalue weighted by atomic mass is 10.2. The van der Waals surface area contributed by atoms with Crippen LogP contribution in [-0.4, -0.2) is 21.8 Å². The number of anilines is 1. The molecule has 1 aromatic rings. The van der Waals surface area contributed by atoms with Crippen molar-refractivity contribution < 1.29 is 0 Å². The van der Waals surface area contributed by atoms with Gasteiger partial charge in [-0.05, 0) is 18.8 Å². The fourth-order valence-corrected chi connectivity index (χ4v) is 2.64. The lowest BCUT2D eigenvalue weighted by Crippen LogP contribution is -2.10. The number of hydrogen-bond donors (Lipinski definition) is 1. The van der Waals surface area contributed by atoms with Crippen LogP contribution in [0.3, 0.4) is 0 Å². The SMILES string of the molecule is CCCNc1ncnc(SC(C)C(C)C)c1CC. The maximum atomic E-state index is 4.45. The minimum Gasteiger partial charge on any atom is -0.370 e. The Bertz CT molecular complexity index is 366. The molecule has 0 fully saturated rings. The van der Waals surface area contributed by atoms with Crippen molar-refractivity contribution in [2.24, 2.45) is 5.92 Å². The van der Waals surface area contributed by atoms with Gasteiger partial charge in [-0.3, -0.25) is 0 Å². The second kappa shape index (κ2) is 7.62. The van der Waals surface area contributed by atoms with Crippen LogP contribution >= 0.6 is 11.8 Å². The molecule has 0 aromatic carbocycles. The summed E-state index contributed by atoms with van der Waals surface area (Å²) < 4.78 is 0. The molecule has 0 amide bonds. The molecule has 1 atom stereocenters. The molecule has 0 radical (unpaired) electrons.